The first-order chi connectivity index (χ1) is 16.9. The molecule has 0 unspecified atom stereocenters. The second kappa shape index (κ2) is 8.87. The predicted molar refractivity (Wildman–Crippen MR) is 134 cm³/mol. The van der Waals surface area contributed by atoms with Gasteiger partial charge in [0.25, 0.3) is 0 Å². The zero-order chi connectivity index (χ0) is 24.5. The molecule has 7 heteroatoms. The Balaban J connectivity index is 1.63. The Morgan fingerprint density at radius 3 is 2.00 bits per heavy atom. The molecule has 0 fully saturated rings. The molecule has 1 heterocycles. The molecule has 1 aromatic heterocycles. The third-order valence-electron chi connectivity index (χ3n) is 5.50. The minimum absolute atomic E-state index is 0.176. The van der Waals surface area contributed by atoms with Crippen molar-refractivity contribution in [3.63, 3.8) is 0 Å². The largest absolute Gasteiger partial charge is 0.457 e. The quantitative estimate of drug-likeness (QED) is 0.280. The molecule has 4 aromatic carbocycles. The van der Waals surface area contributed by atoms with Crippen LogP contribution in [0.1, 0.15) is 5.56 Å². The van der Waals surface area contributed by atoms with Crippen LogP contribution in [0, 0.1) is 12.7 Å². The summed E-state index contributed by atoms with van der Waals surface area (Å²) in [6, 6.07) is 23.0. The zero-order valence-electron chi connectivity index (χ0n) is 18.7. The van der Waals surface area contributed by atoms with Crippen molar-refractivity contribution in [1.82, 2.24) is 0 Å². The van der Waals surface area contributed by atoms with Crippen molar-refractivity contribution in [2.24, 2.45) is 0 Å². The fraction of sp³-hybridized carbons (Fsp3) is 0.0357. The van der Waals surface area contributed by atoms with E-state index in [-0.39, 0.29) is 16.4 Å². The molecule has 0 aliphatic heterocycles. The number of benzene rings is 4. The van der Waals surface area contributed by atoms with Crippen LogP contribution in [-0.4, -0.2) is 0 Å². The van der Waals surface area contributed by atoms with Crippen molar-refractivity contribution >= 4 is 22.3 Å². The monoisotopic (exact) mass is 468 g/mol. The van der Waals surface area contributed by atoms with Gasteiger partial charge in [0, 0.05) is 23.0 Å². The van der Waals surface area contributed by atoms with Gasteiger partial charge in [0.05, 0.1) is 10.9 Å². The van der Waals surface area contributed by atoms with Gasteiger partial charge < -0.3 is 25.4 Å². The maximum Gasteiger partial charge on any atom is 0.196 e. The molecule has 0 bridgehead atoms. The number of ether oxygens (including phenoxy) is 2. The Kier molecular flexibility index (Phi) is 5.58. The first kappa shape index (κ1) is 22.0. The average molecular weight is 468 g/mol. The smallest absolute Gasteiger partial charge is 0.196 e. The van der Waals surface area contributed by atoms with Gasteiger partial charge >= 0.3 is 0 Å². The van der Waals surface area contributed by atoms with Crippen LogP contribution in [0.15, 0.2) is 94.1 Å². The molecule has 4 N–H and O–H groups in total. The van der Waals surface area contributed by atoms with Gasteiger partial charge in [-0.2, -0.15) is 0 Å². The lowest BCUT2D eigenvalue weighted by Crippen LogP contribution is -2.08. The van der Waals surface area contributed by atoms with Gasteiger partial charge in [0.15, 0.2) is 5.43 Å². The first-order valence-electron chi connectivity index (χ1n) is 10.8. The van der Waals surface area contributed by atoms with Gasteiger partial charge in [-0.25, -0.2) is 4.39 Å². The molecule has 0 saturated heterocycles. The summed E-state index contributed by atoms with van der Waals surface area (Å²) >= 11 is 0. The number of hydrogen-bond donors (Lipinski definition) is 2. The summed E-state index contributed by atoms with van der Waals surface area (Å²) in [5.41, 5.74) is 13.6. The summed E-state index contributed by atoms with van der Waals surface area (Å²) < 4.78 is 31.9. The Bertz CT molecular complexity index is 1590. The first-order valence-corrected chi connectivity index (χ1v) is 10.8. The van der Waals surface area contributed by atoms with Crippen LogP contribution < -0.4 is 26.4 Å². The SMILES string of the molecule is Cc1c(-c2ccc(Oc3ccc(N)cc3)cc2Oc2ccc(N)cc2)oc2ccc(F)cc2c1=O. The maximum atomic E-state index is 13.7. The minimum atomic E-state index is -0.506. The Labute approximate surface area is 200 Å². The highest BCUT2D eigenvalue weighted by molar-refractivity contribution is 5.81. The molecule has 35 heavy (non-hydrogen) atoms. The van der Waals surface area contributed by atoms with E-state index in [1.54, 1.807) is 73.7 Å². The summed E-state index contributed by atoms with van der Waals surface area (Å²) in [5, 5.41) is 0.176. The normalized spacial score (nSPS) is 10.9. The molecule has 0 spiro atoms. The summed E-state index contributed by atoms with van der Waals surface area (Å²) in [7, 11) is 0. The van der Waals surface area contributed by atoms with Crippen molar-refractivity contribution in [3.8, 4) is 34.3 Å². The van der Waals surface area contributed by atoms with E-state index in [9.17, 15) is 9.18 Å². The molecular formula is C28H21FN2O4. The molecule has 5 aromatic rings. The van der Waals surface area contributed by atoms with Crippen molar-refractivity contribution < 1.29 is 18.3 Å². The lowest BCUT2D eigenvalue weighted by molar-refractivity contribution is 0.460. The van der Waals surface area contributed by atoms with Crippen LogP contribution in [0.2, 0.25) is 0 Å². The van der Waals surface area contributed by atoms with Gasteiger partial charge in [-0.3, -0.25) is 4.79 Å². The summed E-state index contributed by atoms with van der Waals surface area (Å²) in [6.45, 7) is 1.64. The lowest BCUT2D eigenvalue weighted by Gasteiger charge is -2.15. The highest BCUT2D eigenvalue weighted by atomic mass is 19.1. The second-order valence-electron chi connectivity index (χ2n) is 8.03. The number of nitrogens with two attached hydrogens (primary N) is 2. The number of fused-ring (bicyclic) bond motifs is 1. The molecule has 0 amide bonds. The van der Waals surface area contributed by atoms with Crippen LogP contribution >= 0.6 is 0 Å². The number of hydrogen-bond acceptors (Lipinski definition) is 6. The molecule has 0 aliphatic rings. The van der Waals surface area contributed by atoms with E-state index in [2.05, 4.69) is 0 Å². The van der Waals surface area contributed by atoms with Gasteiger partial charge in [0.1, 0.15) is 40.2 Å². The summed E-state index contributed by atoms with van der Waals surface area (Å²) in [5.74, 6) is 1.85. The molecule has 5 rings (SSSR count). The zero-order valence-corrected chi connectivity index (χ0v) is 18.7. The standard InChI is InChI=1S/C28H21FN2O4/c1-16-27(32)24-14-17(29)2-13-25(24)35-28(16)23-12-11-22(33-20-7-3-18(30)4-8-20)15-26(23)34-21-9-5-19(31)6-10-21/h2-15H,30-31H2,1H3. The predicted octanol–water partition coefficient (Wildman–Crippen LogP) is 6.66. The molecule has 0 aliphatic carbocycles. The number of nitrogen functional groups attached to an aromatic ring is 2. The summed E-state index contributed by atoms with van der Waals surface area (Å²) in [6.07, 6.45) is 0. The summed E-state index contributed by atoms with van der Waals surface area (Å²) in [4.78, 5) is 13.0. The van der Waals surface area contributed by atoms with Crippen molar-refractivity contribution in [2.45, 2.75) is 6.92 Å². The number of anilines is 2. The topological polar surface area (TPSA) is 101 Å². The average Bonchev–Trinajstić information content (AvgIpc) is 2.85. The Morgan fingerprint density at radius 2 is 1.34 bits per heavy atom. The molecular weight excluding hydrogens is 447 g/mol. The third kappa shape index (κ3) is 4.52. The van der Waals surface area contributed by atoms with E-state index < -0.39 is 5.82 Å². The maximum absolute atomic E-state index is 13.7. The van der Waals surface area contributed by atoms with E-state index in [1.165, 1.54) is 18.2 Å². The van der Waals surface area contributed by atoms with Crippen LogP contribution in [0.4, 0.5) is 15.8 Å². The minimum Gasteiger partial charge on any atom is -0.457 e. The molecule has 174 valence electrons. The molecule has 6 nitrogen and oxygen atoms in total. The van der Waals surface area contributed by atoms with E-state index in [0.29, 0.717) is 51.3 Å². The van der Waals surface area contributed by atoms with Crippen LogP contribution in [0.25, 0.3) is 22.3 Å². The van der Waals surface area contributed by atoms with E-state index in [1.807, 2.05) is 0 Å². The Hall–Kier alpha value is -4.78. The van der Waals surface area contributed by atoms with E-state index in [4.69, 9.17) is 25.4 Å². The fourth-order valence-electron chi connectivity index (χ4n) is 3.69. The van der Waals surface area contributed by atoms with Crippen molar-refractivity contribution in [1.29, 1.82) is 0 Å². The number of halogens is 1. The molecule has 0 atom stereocenters. The van der Waals surface area contributed by atoms with Crippen LogP contribution in [-0.2, 0) is 0 Å². The lowest BCUT2D eigenvalue weighted by atomic mass is 10.0. The van der Waals surface area contributed by atoms with Gasteiger partial charge in [0.2, 0.25) is 0 Å². The van der Waals surface area contributed by atoms with Gasteiger partial charge in [-0.15, -0.1) is 0 Å². The molecule has 0 radical (unpaired) electrons. The van der Waals surface area contributed by atoms with E-state index >= 15 is 0 Å². The highest BCUT2D eigenvalue weighted by Crippen LogP contribution is 2.39. The Morgan fingerprint density at radius 1 is 0.743 bits per heavy atom. The third-order valence-corrected chi connectivity index (χ3v) is 5.50. The van der Waals surface area contributed by atoms with Crippen LogP contribution in [0.5, 0.6) is 23.0 Å². The van der Waals surface area contributed by atoms with Crippen LogP contribution in [0.3, 0.4) is 0 Å². The number of rotatable bonds is 5. The fourth-order valence-corrected chi connectivity index (χ4v) is 3.69. The highest BCUT2D eigenvalue weighted by Gasteiger charge is 2.19. The van der Waals surface area contributed by atoms with Gasteiger partial charge in [-0.05, 0) is 85.8 Å². The molecule has 0 saturated carbocycles. The van der Waals surface area contributed by atoms with Crippen molar-refractivity contribution in [3.05, 3.63) is 107 Å². The van der Waals surface area contributed by atoms with E-state index in [0.717, 1.165) is 0 Å². The van der Waals surface area contributed by atoms with Crippen molar-refractivity contribution in [2.75, 3.05) is 11.5 Å². The van der Waals surface area contributed by atoms with Gasteiger partial charge in [-0.1, -0.05) is 0 Å². The second-order valence-corrected chi connectivity index (χ2v) is 8.03.